The third-order valence-corrected chi connectivity index (χ3v) is 1.94. The van der Waals surface area contributed by atoms with Crippen LogP contribution in [0.25, 0.3) is 0 Å². The molecule has 1 rings (SSSR count). The molecule has 60 valence electrons. The van der Waals surface area contributed by atoms with Crippen LogP contribution in [0.5, 0.6) is 0 Å². The van der Waals surface area contributed by atoms with Gasteiger partial charge in [0.1, 0.15) is 0 Å². The van der Waals surface area contributed by atoms with Gasteiger partial charge in [-0.1, -0.05) is 12.8 Å². The first-order chi connectivity index (χ1) is 5.00. The van der Waals surface area contributed by atoms with Gasteiger partial charge in [0.15, 0.2) is 0 Å². The molecule has 0 atom stereocenters. The van der Waals surface area contributed by atoms with Gasteiger partial charge in [0, 0.05) is 13.1 Å². The molecule has 1 saturated heterocycles. The third kappa shape index (κ3) is 3.85. The van der Waals surface area contributed by atoms with Crippen molar-refractivity contribution in [1.82, 2.24) is 10.6 Å². The van der Waals surface area contributed by atoms with E-state index in [0.717, 1.165) is 13.1 Å². The van der Waals surface area contributed by atoms with Gasteiger partial charge in [-0.05, 0) is 25.9 Å². The molecule has 0 aromatic rings. The lowest BCUT2D eigenvalue weighted by Gasteiger charge is -2.09. The first-order valence-electron chi connectivity index (χ1n) is 4.41. The highest BCUT2D eigenvalue weighted by Gasteiger charge is 1.93. The minimum absolute atomic E-state index is 1.14. The van der Waals surface area contributed by atoms with Gasteiger partial charge >= 0.3 is 0 Å². The molecule has 1 fully saturated rings. The topological polar surface area (TPSA) is 24.1 Å². The quantitative estimate of drug-likeness (QED) is 0.521. The second kappa shape index (κ2) is 5.69. The molecule has 0 radical (unpaired) electrons. The van der Waals surface area contributed by atoms with Gasteiger partial charge in [0.25, 0.3) is 0 Å². The van der Waals surface area contributed by atoms with E-state index in [2.05, 4.69) is 10.6 Å². The zero-order chi connectivity index (χ0) is 7.07. The summed E-state index contributed by atoms with van der Waals surface area (Å²) >= 11 is 0. The summed E-state index contributed by atoms with van der Waals surface area (Å²) in [6, 6.07) is 0. The first-order valence-corrected chi connectivity index (χ1v) is 4.41. The van der Waals surface area contributed by atoms with Crippen molar-refractivity contribution >= 4 is 0 Å². The predicted octanol–water partition coefficient (Wildman–Crippen LogP) is 0.740. The van der Waals surface area contributed by atoms with Crippen LogP contribution in [-0.2, 0) is 0 Å². The van der Waals surface area contributed by atoms with Gasteiger partial charge in [0.2, 0.25) is 0 Å². The molecular weight excluding hydrogens is 124 g/mol. The van der Waals surface area contributed by atoms with Gasteiger partial charge in [-0.15, -0.1) is 0 Å². The Bertz CT molecular complexity index is 40.4. The lowest BCUT2D eigenvalue weighted by Crippen LogP contribution is -2.29. The average Bonchev–Trinajstić information content (AvgIpc) is 2.01. The SMILES string of the molecule is C1CCCNCCNCC1. The van der Waals surface area contributed by atoms with E-state index in [1.807, 2.05) is 0 Å². The second-order valence-electron chi connectivity index (χ2n) is 2.91. The van der Waals surface area contributed by atoms with Crippen molar-refractivity contribution in [3.63, 3.8) is 0 Å². The Hall–Kier alpha value is -0.0800. The van der Waals surface area contributed by atoms with Crippen LogP contribution < -0.4 is 10.6 Å². The van der Waals surface area contributed by atoms with Crippen molar-refractivity contribution in [3.8, 4) is 0 Å². The van der Waals surface area contributed by atoms with Crippen LogP contribution in [0.15, 0.2) is 0 Å². The molecule has 1 aliphatic heterocycles. The Balaban J connectivity index is 2.00. The number of rotatable bonds is 0. The molecule has 0 aromatic heterocycles. The van der Waals surface area contributed by atoms with E-state index in [0.29, 0.717) is 0 Å². The van der Waals surface area contributed by atoms with E-state index in [-0.39, 0.29) is 0 Å². The van der Waals surface area contributed by atoms with E-state index >= 15 is 0 Å². The molecule has 2 N–H and O–H groups in total. The summed E-state index contributed by atoms with van der Waals surface area (Å²) in [4.78, 5) is 0. The summed E-state index contributed by atoms with van der Waals surface area (Å²) in [6.45, 7) is 4.70. The molecular formula is C8H18N2. The highest BCUT2D eigenvalue weighted by molar-refractivity contribution is 4.56. The largest absolute Gasteiger partial charge is 0.315 e. The summed E-state index contributed by atoms with van der Waals surface area (Å²) in [5.74, 6) is 0. The van der Waals surface area contributed by atoms with Gasteiger partial charge in [-0.2, -0.15) is 0 Å². The predicted molar refractivity (Wildman–Crippen MR) is 44.2 cm³/mol. The minimum Gasteiger partial charge on any atom is -0.315 e. The fraction of sp³-hybridized carbons (Fsp3) is 1.00. The highest BCUT2D eigenvalue weighted by Crippen LogP contribution is 1.97. The monoisotopic (exact) mass is 142 g/mol. The molecule has 0 saturated carbocycles. The Kier molecular flexibility index (Phi) is 4.56. The van der Waals surface area contributed by atoms with Crippen LogP contribution in [0.3, 0.4) is 0 Å². The van der Waals surface area contributed by atoms with Gasteiger partial charge < -0.3 is 10.6 Å². The van der Waals surface area contributed by atoms with E-state index in [1.165, 1.54) is 38.8 Å². The third-order valence-electron chi connectivity index (χ3n) is 1.94. The van der Waals surface area contributed by atoms with Crippen molar-refractivity contribution < 1.29 is 0 Å². The van der Waals surface area contributed by atoms with Crippen LogP contribution in [0.1, 0.15) is 25.7 Å². The van der Waals surface area contributed by atoms with Crippen LogP contribution in [0.4, 0.5) is 0 Å². The van der Waals surface area contributed by atoms with Crippen molar-refractivity contribution in [1.29, 1.82) is 0 Å². The molecule has 0 aromatic carbocycles. The first kappa shape index (κ1) is 8.02. The van der Waals surface area contributed by atoms with Crippen molar-refractivity contribution in [2.75, 3.05) is 26.2 Å². The highest BCUT2D eigenvalue weighted by atomic mass is 14.9. The van der Waals surface area contributed by atoms with Crippen LogP contribution in [-0.4, -0.2) is 26.2 Å². The average molecular weight is 142 g/mol. The summed E-state index contributed by atoms with van der Waals surface area (Å²) in [5.41, 5.74) is 0. The van der Waals surface area contributed by atoms with Crippen molar-refractivity contribution in [3.05, 3.63) is 0 Å². The summed E-state index contributed by atoms with van der Waals surface area (Å²) in [6.07, 6.45) is 5.52. The molecule has 10 heavy (non-hydrogen) atoms. The lowest BCUT2D eigenvalue weighted by atomic mass is 10.2. The molecule has 0 bridgehead atoms. The zero-order valence-corrected chi connectivity index (χ0v) is 6.66. The minimum atomic E-state index is 1.14. The zero-order valence-electron chi connectivity index (χ0n) is 6.66. The lowest BCUT2D eigenvalue weighted by molar-refractivity contribution is 0.523. The fourth-order valence-electron chi connectivity index (χ4n) is 1.28. The maximum atomic E-state index is 3.39. The Labute approximate surface area is 63.4 Å². The molecule has 1 heterocycles. The van der Waals surface area contributed by atoms with E-state index in [1.54, 1.807) is 0 Å². The van der Waals surface area contributed by atoms with Gasteiger partial charge in [-0.25, -0.2) is 0 Å². The summed E-state index contributed by atoms with van der Waals surface area (Å²) in [5, 5.41) is 6.78. The van der Waals surface area contributed by atoms with E-state index in [9.17, 15) is 0 Å². The van der Waals surface area contributed by atoms with Crippen LogP contribution in [0.2, 0.25) is 0 Å². The standard InChI is InChI=1S/C8H18N2/c1-2-4-6-10-8-7-9-5-3-1/h9-10H,1-8H2. The number of hydrogen-bond acceptors (Lipinski definition) is 2. The molecule has 2 heteroatoms. The molecule has 1 aliphatic rings. The Morgan fingerprint density at radius 1 is 0.500 bits per heavy atom. The van der Waals surface area contributed by atoms with E-state index < -0.39 is 0 Å². The van der Waals surface area contributed by atoms with E-state index in [4.69, 9.17) is 0 Å². The molecule has 0 unspecified atom stereocenters. The second-order valence-corrected chi connectivity index (χ2v) is 2.91. The van der Waals surface area contributed by atoms with Crippen molar-refractivity contribution in [2.45, 2.75) is 25.7 Å². The molecule has 0 amide bonds. The van der Waals surface area contributed by atoms with Gasteiger partial charge in [0.05, 0.1) is 0 Å². The summed E-state index contributed by atoms with van der Waals surface area (Å²) < 4.78 is 0. The molecule has 2 nitrogen and oxygen atoms in total. The maximum absolute atomic E-state index is 3.39. The van der Waals surface area contributed by atoms with Crippen LogP contribution in [0, 0.1) is 0 Å². The Morgan fingerprint density at radius 2 is 1.00 bits per heavy atom. The fourth-order valence-corrected chi connectivity index (χ4v) is 1.28. The van der Waals surface area contributed by atoms with Crippen molar-refractivity contribution in [2.24, 2.45) is 0 Å². The normalized spacial score (nSPS) is 24.0. The smallest absolute Gasteiger partial charge is 0.00767 e. The molecule has 0 aliphatic carbocycles. The molecule has 0 spiro atoms. The number of nitrogens with one attached hydrogen (secondary N) is 2. The number of hydrogen-bond donors (Lipinski definition) is 2. The Morgan fingerprint density at radius 3 is 1.50 bits per heavy atom. The van der Waals surface area contributed by atoms with Crippen LogP contribution >= 0.6 is 0 Å². The summed E-state index contributed by atoms with van der Waals surface area (Å²) in [7, 11) is 0. The maximum Gasteiger partial charge on any atom is 0.00767 e. The van der Waals surface area contributed by atoms with Gasteiger partial charge in [-0.3, -0.25) is 0 Å².